The number of rotatable bonds is 5. The highest BCUT2D eigenvalue weighted by atomic mass is 32.2. The van der Waals surface area contributed by atoms with Crippen molar-refractivity contribution in [2.45, 2.75) is 18.8 Å². The molecular formula is C14H15F2N3OS. The molecule has 0 bridgehead atoms. The van der Waals surface area contributed by atoms with Gasteiger partial charge in [0.1, 0.15) is 5.75 Å². The van der Waals surface area contributed by atoms with Crippen molar-refractivity contribution in [1.29, 1.82) is 0 Å². The summed E-state index contributed by atoms with van der Waals surface area (Å²) in [6, 6.07) is 6.42. The second kappa shape index (κ2) is 7.21. The van der Waals surface area contributed by atoms with Gasteiger partial charge in [-0.25, -0.2) is 0 Å². The first kappa shape index (κ1) is 15.5. The Morgan fingerprint density at radius 1 is 1.48 bits per heavy atom. The summed E-state index contributed by atoms with van der Waals surface area (Å²) < 4.78 is 28.5. The molecule has 0 fully saturated rings. The SMILES string of the molecule is C=CCN=C1NN=C(c2ccc(OC(F)F)cc2)[C@H](C)S1. The molecule has 4 nitrogen and oxygen atoms in total. The molecule has 0 saturated carbocycles. The lowest BCUT2D eigenvalue weighted by Crippen LogP contribution is -2.31. The minimum Gasteiger partial charge on any atom is -0.435 e. The number of ether oxygens (including phenoxy) is 1. The largest absolute Gasteiger partial charge is 0.435 e. The zero-order valence-corrected chi connectivity index (χ0v) is 12.2. The zero-order valence-electron chi connectivity index (χ0n) is 11.4. The number of aliphatic imine (C=N–C) groups is 1. The summed E-state index contributed by atoms with van der Waals surface area (Å²) in [6.07, 6.45) is 1.71. The molecule has 0 aliphatic carbocycles. The summed E-state index contributed by atoms with van der Waals surface area (Å²) in [5, 5.41) is 5.15. The van der Waals surface area contributed by atoms with Gasteiger partial charge in [0, 0.05) is 0 Å². The predicted octanol–water partition coefficient (Wildman–Crippen LogP) is 3.26. The average molecular weight is 311 g/mol. The fraction of sp³-hybridized carbons (Fsp3) is 0.286. The fourth-order valence-electron chi connectivity index (χ4n) is 1.78. The average Bonchev–Trinajstić information content (AvgIpc) is 2.46. The highest BCUT2D eigenvalue weighted by molar-refractivity contribution is 8.15. The Kier molecular flexibility index (Phi) is 5.32. The second-order valence-corrected chi connectivity index (χ2v) is 5.54. The van der Waals surface area contributed by atoms with Crippen LogP contribution in [0.3, 0.4) is 0 Å². The maximum atomic E-state index is 12.1. The van der Waals surface area contributed by atoms with E-state index in [4.69, 9.17) is 0 Å². The molecule has 7 heteroatoms. The monoisotopic (exact) mass is 311 g/mol. The first-order valence-electron chi connectivity index (χ1n) is 6.31. The summed E-state index contributed by atoms with van der Waals surface area (Å²) in [5.41, 5.74) is 4.57. The van der Waals surface area contributed by atoms with E-state index in [1.165, 1.54) is 12.1 Å². The second-order valence-electron chi connectivity index (χ2n) is 4.21. The van der Waals surface area contributed by atoms with Crippen LogP contribution in [0.2, 0.25) is 0 Å². The lowest BCUT2D eigenvalue weighted by molar-refractivity contribution is -0.0498. The minimum absolute atomic E-state index is 0.108. The van der Waals surface area contributed by atoms with E-state index < -0.39 is 6.61 Å². The van der Waals surface area contributed by atoms with Crippen molar-refractivity contribution in [1.82, 2.24) is 5.43 Å². The molecule has 1 aromatic rings. The van der Waals surface area contributed by atoms with E-state index in [-0.39, 0.29) is 11.0 Å². The molecule has 2 rings (SSSR count). The molecule has 1 aliphatic rings. The first-order chi connectivity index (χ1) is 10.1. The van der Waals surface area contributed by atoms with Gasteiger partial charge in [-0.1, -0.05) is 17.8 Å². The van der Waals surface area contributed by atoms with Crippen LogP contribution in [-0.4, -0.2) is 29.3 Å². The van der Waals surface area contributed by atoms with Crippen LogP contribution in [0, 0.1) is 0 Å². The van der Waals surface area contributed by atoms with Gasteiger partial charge in [-0.05, 0) is 36.8 Å². The van der Waals surface area contributed by atoms with Crippen LogP contribution < -0.4 is 10.2 Å². The van der Waals surface area contributed by atoms with Crippen molar-refractivity contribution in [2.24, 2.45) is 10.1 Å². The molecule has 0 unspecified atom stereocenters. The molecule has 1 aromatic carbocycles. The molecule has 1 atom stereocenters. The number of amidine groups is 1. The zero-order chi connectivity index (χ0) is 15.2. The number of nitrogens with one attached hydrogen (secondary N) is 1. The van der Waals surface area contributed by atoms with E-state index in [0.29, 0.717) is 6.54 Å². The summed E-state index contributed by atoms with van der Waals surface area (Å²) >= 11 is 1.55. The molecule has 0 aromatic heterocycles. The van der Waals surface area contributed by atoms with Gasteiger partial charge in [-0.15, -0.1) is 6.58 Å². The van der Waals surface area contributed by atoms with Gasteiger partial charge in [-0.2, -0.15) is 13.9 Å². The van der Waals surface area contributed by atoms with Gasteiger partial charge in [0.2, 0.25) is 0 Å². The van der Waals surface area contributed by atoms with Crippen LogP contribution in [0.25, 0.3) is 0 Å². The Labute approximate surface area is 126 Å². The third-order valence-electron chi connectivity index (χ3n) is 2.68. The number of benzene rings is 1. The molecule has 0 amide bonds. The van der Waals surface area contributed by atoms with Crippen LogP contribution in [-0.2, 0) is 0 Å². The molecule has 1 N–H and O–H groups in total. The number of thioether (sulfide) groups is 1. The van der Waals surface area contributed by atoms with E-state index in [1.54, 1.807) is 30.0 Å². The number of nitrogens with zero attached hydrogens (tertiary/aromatic N) is 2. The van der Waals surface area contributed by atoms with Crippen LogP contribution in [0.15, 0.2) is 47.0 Å². The maximum absolute atomic E-state index is 12.1. The third kappa shape index (κ3) is 4.29. The van der Waals surface area contributed by atoms with Crippen LogP contribution in [0.1, 0.15) is 12.5 Å². The van der Waals surface area contributed by atoms with Gasteiger partial charge in [0.25, 0.3) is 0 Å². The molecule has 1 heterocycles. The van der Waals surface area contributed by atoms with Gasteiger partial charge in [0.05, 0.1) is 17.5 Å². The van der Waals surface area contributed by atoms with E-state index >= 15 is 0 Å². The summed E-state index contributed by atoms with van der Waals surface area (Å²) in [5.74, 6) is 0.131. The lowest BCUT2D eigenvalue weighted by Gasteiger charge is -2.21. The quantitative estimate of drug-likeness (QED) is 0.849. The normalized spacial score (nSPS) is 20.1. The van der Waals surface area contributed by atoms with Gasteiger partial charge in [0.15, 0.2) is 5.17 Å². The fourth-order valence-corrected chi connectivity index (χ4v) is 2.66. The Morgan fingerprint density at radius 2 is 2.19 bits per heavy atom. The van der Waals surface area contributed by atoms with Crippen molar-refractivity contribution in [2.75, 3.05) is 6.54 Å². The molecular weight excluding hydrogens is 296 g/mol. The highest BCUT2D eigenvalue weighted by Gasteiger charge is 2.21. The van der Waals surface area contributed by atoms with Crippen molar-refractivity contribution < 1.29 is 13.5 Å². The number of hydrogen-bond donors (Lipinski definition) is 1. The minimum atomic E-state index is -2.82. The summed E-state index contributed by atoms with van der Waals surface area (Å²) in [6.45, 7) is 3.34. The van der Waals surface area contributed by atoms with Crippen molar-refractivity contribution in [3.8, 4) is 5.75 Å². The van der Waals surface area contributed by atoms with E-state index in [1.807, 2.05) is 6.92 Å². The van der Waals surface area contributed by atoms with Crippen LogP contribution in [0.4, 0.5) is 8.78 Å². The number of hydrazone groups is 1. The maximum Gasteiger partial charge on any atom is 0.387 e. The van der Waals surface area contributed by atoms with Crippen LogP contribution in [0.5, 0.6) is 5.75 Å². The Hall–Kier alpha value is -1.89. The predicted molar refractivity (Wildman–Crippen MR) is 82.3 cm³/mol. The van der Waals surface area contributed by atoms with Crippen LogP contribution >= 0.6 is 11.8 Å². The van der Waals surface area contributed by atoms with E-state index in [2.05, 4.69) is 26.8 Å². The lowest BCUT2D eigenvalue weighted by atomic mass is 10.1. The molecule has 0 saturated heterocycles. The van der Waals surface area contributed by atoms with Gasteiger partial charge < -0.3 is 4.74 Å². The van der Waals surface area contributed by atoms with Gasteiger partial charge >= 0.3 is 6.61 Å². The Morgan fingerprint density at radius 3 is 2.76 bits per heavy atom. The smallest absolute Gasteiger partial charge is 0.387 e. The third-order valence-corrected chi connectivity index (χ3v) is 3.71. The van der Waals surface area contributed by atoms with Crippen molar-refractivity contribution >= 4 is 22.6 Å². The molecule has 0 radical (unpaired) electrons. The highest BCUT2D eigenvalue weighted by Crippen LogP contribution is 2.23. The Bertz CT molecular complexity index is 558. The number of alkyl halides is 2. The standard InChI is InChI=1S/C14H15F2N3OS/c1-3-8-17-14-19-18-12(9(2)21-14)10-4-6-11(7-5-10)20-13(15)16/h3-7,9,13H,1,8H2,2H3,(H,17,19)/t9-/m0/s1. The first-order valence-corrected chi connectivity index (χ1v) is 7.19. The topological polar surface area (TPSA) is 46.0 Å². The molecule has 21 heavy (non-hydrogen) atoms. The number of halogens is 2. The van der Waals surface area contributed by atoms with E-state index in [0.717, 1.165) is 16.4 Å². The number of hydrogen-bond acceptors (Lipinski definition) is 4. The van der Waals surface area contributed by atoms with E-state index in [9.17, 15) is 8.78 Å². The molecule has 0 spiro atoms. The molecule has 1 aliphatic heterocycles. The van der Waals surface area contributed by atoms with Crippen molar-refractivity contribution in [3.63, 3.8) is 0 Å². The summed E-state index contributed by atoms with van der Waals surface area (Å²) in [4.78, 5) is 4.27. The Balaban J connectivity index is 2.11. The van der Waals surface area contributed by atoms with Gasteiger partial charge in [-0.3, -0.25) is 10.4 Å². The summed E-state index contributed by atoms with van der Waals surface area (Å²) in [7, 11) is 0. The molecule has 112 valence electrons. The van der Waals surface area contributed by atoms with Crippen molar-refractivity contribution in [3.05, 3.63) is 42.5 Å².